The molecule has 0 aliphatic rings. The van der Waals surface area contributed by atoms with Crippen LogP contribution in [0.25, 0.3) is 0 Å². The third-order valence-electron chi connectivity index (χ3n) is 3.65. The number of carbonyl (C=O) groups excluding carboxylic acids is 2. The van der Waals surface area contributed by atoms with E-state index in [2.05, 4.69) is 0 Å². The van der Waals surface area contributed by atoms with E-state index in [1.54, 1.807) is 25.0 Å². The zero-order chi connectivity index (χ0) is 17.5. The van der Waals surface area contributed by atoms with Crippen molar-refractivity contribution in [3.8, 4) is 5.75 Å². The number of hydrogen-bond acceptors (Lipinski definition) is 5. The van der Waals surface area contributed by atoms with Crippen molar-refractivity contribution in [2.45, 2.75) is 13.5 Å². The van der Waals surface area contributed by atoms with Crippen molar-refractivity contribution in [2.24, 2.45) is 5.92 Å². The van der Waals surface area contributed by atoms with Gasteiger partial charge in [-0.3, -0.25) is 9.59 Å². The number of carbonyl (C=O) groups is 2. The fourth-order valence-electron chi connectivity index (χ4n) is 2.33. The number of ether oxygens (including phenoxy) is 2. The Balaban J connectivity index is 2.17. The molecule has 1 heterocycles. The number of hydrogen-bond donors (Lipinski definition) is 0. The molecule has 1 atom stereocenters. The van der Waals surface area contributed by atoms with E-state index in [0.29, 0.717) is 18.0 Å². The quantitative estimate of drug-likeness (QED) is 0.722. The van der Waals surface area contributed by atoms with Crippen molar-refractivity contribution in [3.63, 3.8) is 0 Å². The Morgan fingerprint density at radius 3 is 2.42 bits per heavy atom. The minimum absolute atomic E-state index is 0.0865. The molecule has 24 heavy (non-hydrogen) atoms. The lowest BCUT2D eigenvalue weighted by atomic mass is 10.1. The number of rotatable bonds is 7. The molecule has 1 aromatic carbocycles. The number of thiophene rings is 1. The third kappa shape index (κ3) is 4.58. The second kappa shape index (κ2) is 8.49. The molecule has 6 heteroatoms. The molecule has 2 aromatic rings. The summed E-state index contributed by atoms with van der Waals surface area (Å²) in [5.74, 6) is -0.0414. The van der Waals surface area contributed by atoms with Crippen LogP contribution >= 0.6 is 11.3 Å². The number of methoxy groups -OCH3 is 2. The van der Waals surface area contributed by atoms with Crippen LogP contribution in [0.5, 0.6) is 5.75 Å². The normalized spacial score (nSPS) is 11.6. The Morgan fingerprint density at radius 2 is 1.88 bits per heavy atom. The van der Waals surface area contributed by atoms with E-state index in [1.165, 1.54) is 18.4 Å². The molecule has 0 N–H and O–H groups in total. The van der Waals surface area contributed by atoms with Crippen LogP contribution < -0.4 is 4.74 Å². The molecule has 0 aliphatic heterocycles. The van der Waals surface area contributed by atoms with E-state index < -0.39 is 5.92 Å². The molecule has 0 bridgehead atoms. The number of benzene rings is 1. The lowest BCUT2D eigenvalue weighted by Crippen LogP contribution is -2.36. The molecule has 0 fully saturated rings. The molecule has 0 spiro atoms. The summed E-state index contributed by atoms with van der Waals surface area (Å²) >= 11 is 1.39. The average Bonchev–Trinajstić information content (AvgIpc) is 3.14. The predicted octanol–water partition coefficient (Wildman–Crippen LogP) is 3.21. The second-order valence-corrected chi connectivity index (χ2v) is 6.38. The first kappa shape index (κ1) is 18.0. The summed E-state index contributed by atoms with van der Waals surface area (Å²) in [6.07, 6.45) is 0. The molecule has 0 radical (unpaired) electrons. The van der Waals surface area contributed by atoms with Crippen LogP contribution in [0.2, 0.25) is 0 Å². The molecule has 5 nitrogen and oxygen atoms in total. The van der Waals surface area contributed by atoms with Gasteiger partial charge in [0.25, 0.3) is 5.91 Å². The standard InChI is InChI=1S/C18H21NO4S/c1-13(18(21)23-3)11-19(17(20)16-5-4-10-24-16)12-14-6-8-15(22-2)9-7-14/h4-10,13H,11-12H2,1-3H3. The van der Waals surface area contributed by atoms with Crippen LogP contribution in [0.1, 0.15) is 22.2 Å². The first-order valence-corrected chi connectivity index (χ1v) is 8.46. The summed E-state index contributed by atoms with van der Waals surface area (Å²) in [6, 6.07) is 11.2. The van der Waals surface area contributed by atoms with Crippen molar-refractivity contribution in [3.05, 3.63) is 52.2 Å². The van der Waals surface area contributed by atoms with Crippen molar-refractivity contribution >= 4 is 23.2 Å². The van der Waals surface area contributed by atoms with Crippen molar-refractivity contribution in [2.75, 3.05) is 20.8 Å². The Hall–Kier alpha value is -2.34. The molecule has 0 aliphatic carbocycles. The number of nitrogens with zero attached hydrogens (tertiary/aromatic N) is 1. The summed E-state index contributed by atoms with van der Waals surface area (Å²) in [5, 5.41) is 1.86. The molecule has 2 rings (SSSR count). The van der Waals surface area contributed by atoms with Crippen molar-refractivity contribution in [1.29, 1.82) is 0 Å². The molecule has 0 saturated heterocycles. The van der Waals surface area contributed by atoms with Gasteiger partial charge >= 0.3 is 5.97 Å². The maximum atomic E-state index is 12.7. The Bertz CT molecular complexity index is 667. The zero-order valence-corrected chi connectivity index (χ0v) is 14.8. The Kier molecular flexibility index (Phi) is 6.37. The number of esters is 1. The van der Waals surface area contributed by atoms with E-state index in [0.717, 1.165) is 11.3 Å². The molecule has 1 amide bonds. The van der Waals surface area contributed by atoms with Gasteiger partial charge in [0, 0.05) is 13.1 Å². The highest BCUT2D eigenvalue weighted by atomic mass is 32.1. The van der Waals surface area contributed by atoms with Gasteiger partial charge in [-0.15, -0.1) is 11.3 Å². The highest BCUT2D eigenvalue weighted by Gasteiger charge is 2.23. The molecule has 0 saturated carbocycles. The average molecular weight is 347 g/mol. The fourth-order valence-corrected chi connectivity index (χ4v) is 3.02. The highest BCUT2D eigenvalue weighted by Crippen LogP contribution is 2.18. The molecule has 1 aromatic heterocycles. The van der Waals surface area contributed by atoms with Gasteiger partial charge in [0.1, 0.15) is 5.75 Å². The van der Waals surface area contributed by atoms with E-state index in [-0.39, 0.29) is 11.9 Å². The van der Waals surface area contributed by atoms with Crippen LogP contribution in [0.3, 0.4) is 0 Å². The predicted molar refractivity (Wildman–Crippen MR) is 93.2 cm³/mol. The Morgan fingerprint density at radius 1 is 1.17 bits per heavy atom. The SMILES string of the molecule is COC(=O)C(C)CN(Cc1ccc(OC)cc1)C(=O)c1cccs1. The maximum absolute atomic E-state index is 12.7. The van der Waals surface area contributed by atoms with Gasteiger partial charge in [-0.05, 0) is 29.1 Å². The first-order chi connectivity index (χ1) is 11.5. The summed E-state index contributed by atoms with van der Waals surface area (Å²) < 4.78 is 9.92. The van der Waals surface area contributed by atoms with Crippen LogP contribution in [-0.4, -0.2) is 37.5 Å². The van der Waals surface area contributed by atoms with Gasteiger partial charge < -0.3 is 14.4 Å². The first-order valence-electron chi connectivity index (χ1n) is 7.58. The molecular weight excluding hydrogens is 326 g/mol. The highest BCUT2D eigenvalue weighted by molar-refractivity contribution is 7.12. The van der Waals surface area contributed by atoms with Crippen molar-refractivity contribution in [1.82, 2.24) is 4.90 Å². The fraction of sp³-hybridized carbons (Fsp3) is 0.333. The smallest absolute Gasteiger partial charge is 0.310 e. The molecular formula is C18H21NO4S. The summed E-state index contributed by atoms with van der Waals surface area (Å²) in [6.45, 7) is 2.48. The molecule has 1 unspecified atom stereocenters. The van der Waals surface area contributed by atoms with E-state index >= 15 is 0 Å². The van der Waals surface area contributed by atoms with Gasteiger partial charge in [0.2, 0.25) is 0 Å². The van der Waals surface area contributed by atoms with Crippen LogP contribution in [0.4, 0.5) is 0 Å². The van der Waals surface area contributed by atoms with Gasteiger partial charge in [0.05, 0.1) is 25.0 Å². The largest absolute Gasteiger partial charge is 0.497 e. The van der Waals surface area contributed by atoms with E-state index in [4.69, 9.17) is 9.47 Å². The summed E-state index contributed by atoms with van der Waals surface area (Å²) in [4.78, 5) is 26.8. The minimum Gasteiger partial charge on any atom is -0.497 e. The topological polar surface area (TPSA) is 55.8 Å². The van der Waals surface area contributed by atoms with Gasteiger partial charge in [-0.2, -0.15) is 0 Å². The van der Waals surface area contributed by atoms with Gasteiger partial charge in [-0.1, -0.05) is 25.1 Å². The van der Waals surface area contributed by atoms with Crippen LogP contribution in [0.15, 0.2) is 41.8 Å². The Labute approximate surface area is 145 Å². The summed E-state index contributed by atoms with van der Waals surface area (Å²) in [7, 11) is 2.97. The lowest BCUT2D eigenvalue weighted by molar-refractivity contribution is -0.145. The van der Waals surface area contributed by atoms with E-state index in [1.807, 2.05) is 35.7 Å². The zero-order valence-electron chi connectivity index (χ0n) is 14.0. The lowest BCUT2D eigenvalue weighted by Gasteiger charge is -2.25. The minimum atomic E-state index is -0.392. The molecule has 128 valence electrons. The third-order valence-corrected chi connectivity index (χ3v) is 4.51. The van der Waals surface area contributed by atoms with E-state index in [9.17, 15) is 9.59 Å². The van der Waals surface area contributed by atoms with Crippen LogP contribution in [-0.2, 0) is 16.1 Å². The van der Waals surface area contributed by atoms with Crippen LogP contribution in [0, 0.1) is 5.92 Å². The summed E-state index contributed by atoms with van der Waals surface area (Å²) in [5.41, 5.74) is 0.970. The monoisotopic (exact) mass is 347 g/mol. The number of amides is 1. The van der Waals surface area contributed by atoms with Gasteiger partial charge in [-0.25, -0.2) is 0 Å². The van der Waals surface area contributed by atoms with Crippen molar-refractivity contribution < 1.29 is 19.1 Å². The maximum Gasteiger partial charge on any atom is 0.310 e. The van der Waals surface area contributed by atoms with Gasteiger partial charge in [0.15, 0.2) is 0 Å². The second-order valence-electron chi connectivity index (χ2n) is 5.44.